The smallest absolute Gasteiger partial charge is 0.197 e. The van der Waals surface area contributed by atoms with Gasteiger partial charge in [0, 0.05) is 20.1 Å². The van der Waals surface area contributed by atoms with Crippen molar-refractivity contribution in [3.63, 3.8) is 0 Å². The van der Waals surface area contributed by atoms with Gasteiger partial charge in [0.05, 0.1) is 0 Å². The minimum Gasteiger partial charge on any atom is -0.343 e. The zero-order valence-electron chi connectivity index (χ0n) is 8.58. The zero-order chi connectivity index (χ0) is 9.52. The maximum atomic E-state index is 4.23. The summed E-state index contributed by atoms with van der Waals surface area (Å²) in [5, 5.41) is 3.18. The van der Waals surface area contributed by atoms with Gasteiger partial charge in [-0.3, -0.25) is 4.99 Å². The predicted molar refractivity (Wildman–Crippen MR) is 56.7 cm³/mol. The third kappa shape index (κ3) is 3.09. The number of guanidine groups is 1. The Morgan fingerprint density at radius 3 is 2.54 bits per heavy atom. The van der Waals surface area contributed by atoms with Crippen LogP contribution in [0.3, 0.4) is 0 Å². The Morgan fingerprint density at radius 1 is 1.31 bits per heavy atom. The largest absolute Gasteiger partial charge is 0.343 e. The van der Waals surface area contributed by atoms with Gasteiger partial charge in [-0.2, -0.15) is 0 Å². The first-order valence-electron chi connectivity index (χ1n) is 4.98. The summed E-state index contributed by atoms with van der Waals surface area (Å²) in [4.78, 5) is 6.54. The lowest BCUT2D eigenvalue weighted by molar-refractivity contribution is 0.335. The maximum absolute atomic E-state index is 4.23. The maximum Gasteiger partial charge on any atom is 0.197 e. The standard InChI is InChI=1S/C10H19N3/c1-3-7-12-10(11-2)13-8-5-4-6-9-13/h3,7H,4-6,8-9H2,1-2H3,(H,11,12)/b7-3-. The van der Waals surface area contributed by atoms with Crippen LogP contribution < -0.4 is 5.32 Å². The number of aliphatic imine (C=N–C) groups is 1. The number of hydrogen-bond acceptors (Lipinski definition) is 1. The van der Waals surface area contributed by atoms with Crippen molar-refractivity contribution < 1.29 is 0 Å². The number of likely N-dealkylation sites (tertiary alicyclic amines) is 1. The number of nitrogens with one attached hydrogen (secondary N) is 1. The Bertz CT molecular complexity index is 190. The highest BCUT2D eigenvalue weighted by molar-refractivity contribution is 5.80. The van der Waals surface area contributed by atoms with Crippen molar-refractivity contribution in [3.8, 4) is 0 Å². The number of allylic oxidation sites excluding steroid dienone is 1. The average molecular weight is 181 g/mol. The summed E-state index contributed by atoms with van der Waals surface area (Å²) in [6.07, 6.45) is 7.84. The molecule has 1 rings (SSSR count). The van der Waals surface area contributed by atoms with Crippen LogP contribution in [-0.2, 0) is 0 Å². The van der Waals surface area contributed by atoms with E-state index in [4.69, 9.17) is 0 Å². The van der Waals surface area contributed by atoms with E-state index in [-0.39, 0.29) is 0 Å². The molecule has 0 saturated carbocycles. The van der Waals surface area contributed by atoms with Crippen molar-refractivity contribution in [3.05, 3.63) is 12.3 Å². The molecule has 0 aromatic carbocycles. The van der Waals surface area contributed by atoms with Gasteiger partial charge in [-0.1, -0.05) is 6.08 Å². The molecule has 0 unspecified atom stereocenters. The molecular weight excluding hydrogens is 162 g/mol. The summed E-state index contributed by atoms with van der Waals surface area (Å²) in [5.74, 6) is 0.998. The summed E-state index contributed by atoms with van der Waals surface area (Å²) in [6, 6.07) is 0. The van der Waals surface area contributed by atoms with Crippen molar-refractivity contribution in [2.24, 2.45) is 4.99 Å². The summed E-state index contributed by atoms with van der Waals surface area (Å²) in [6.45, 7) is 4.27. The molecule has 0 spiro atoms. The molecule has 13 heavy (non-hydrogen) atoms. The number of hydrogen-bond donors (Lipinski definition) is 1. The van der Waals surface area contributed by atoms with Crippen molar-refractivity contribution in [1.29, 1.82) is 0 Å². The molecular formula is C10H19N3. The van der Waals surface area contributed by atoms with Crippen LogP contribution in [0.2, 0.25) is 0 Å². The molecule has 0 radical (unpaired) electrons. The van der Waals surface area contributed by atoms with E-state index in [0.29, 0.717) is 0 Å². The predicted octanol–water partition coefficient (Wildman–Crippen LogP) is 1.58. The summed E-state index contributed by atoms with van der Waals surface area (Å²) in [5.41, 5.74) is 0. The Hall–Kier alpha value is -0.990. The van der Waals surface area contributed by atoms with E-state index in [1.54, 1.807) is 0 Å². The molecule has 1 saturated heterocycles. The van der Waals surface area contributed by atoms with Gasteiger partial charge < -0.3 is 10.2 Å². The first-order valence-corrected chi connectivity index (χ1v) is 4.98. The van der Waals surface area contributed by atoms with Crippen LogP contribution in [0.4, 0.5) is 0 Å². The molecule has 1 fully saturated rings. The molecule has 1 aliphatic heterocycles. The number of nitrogens with zero attached hydrogens (tertiary/aromatic N) is 2. The summed E-state index contributed by atoms with van der Waals surface area (Å²) in [7, 11) is 1.83. The SMILES string of the molecule is C/C=C\NC(=NC)N1CCCCC1. The van der Waals surface area contributed by atoms with E-state index in [2.05, 4.69) is 15.2 Å². The van der Waals surface area contributed by atoms with E-state index >= 15 is 0 Å². The number of piperidine rings is 1. The fraction of sp³-hybridized carbons (Fsp3) is 0.700. The van der Waals surface area contributed by atoms with Crippen molar-refractivity contribution in [2.45, 2.75) is 26.2 Å². The average Bonchev–Trinajstić information content (AvgIpc) is 2.21. The molecule has 74 valence electrons. The van der Waals surface area contributed by atoms with Crippen LogP contribution in [0, 0.1) is 0 Å². The van der Waals surface area contributed by atoms with E-state index in [1.165, 1.54) is 19.3 Å². The van der Waals surface area contributed by atoms with Crippen LogP contribution in [0.1, 0.15) is 26.2 Å². The molecule has 0 aliphatic carbocycles. The monoisotopic (exact) mass is 181 g/mol. The van der Waals surface area contributed by atoms with Crippen LogP contribution in [0.5, 0.6) is 0 Å². The first-order chi connectivity index (χ1) is 6.38. The minimum absolute atomic E-state index is 0.998. The molecule has 3 nitrogen and oxygen atoms in total. The molecule has 0 atom stereocenters. The van der Waals surface area contributed by atoms with E-state index < -0.39 is 0 Å². The zero-order valence-corrected chi connectivity index (χ0v) is 8.58. The summed E-state index contributed by atoms with van der Waals surface area (Å²) < 4.78 is 0. The second-order valence-electron chi connectivity index (χ2n) is 3.24. The molecule has 3 heteroatoms. The van der Waals surface area contributed by atoms with Gasteiger partial charge in [0.25, 0.3) is 0 Å². The summed E-state index contributed by atoms with van der Waals surface area (Å²) >= 11 is 0. The highest BCUT2D eigenvalue weighted by atomic mass is 15.3. The van der Waals surface area contributed by atoms with Crippen LogP contribution in [-0.4, -0.2) is 31.0 Å². The molecule has 0 aromatic rings. The van der Waals surface area contributed by atoms with Crippen molar-refractivity contribution in [2.75, 3.05) is 20.1 Å². The lowest BCUT2D eigenvalue weighted by atomic mass is 10.1. The van der Waals surface area contributed by atoms with Gasteiger partial charge in [-0.15, -0.1) is 0 Å². The lowest BCUT2D eigenvalue weighted by Crippen LogP contribution is -2.42. The third-order valence-corrected chi connectivity index (χ3v) is 2.25. The number of rotatable bonds is 1. The Balaban J connectivity index is 2.45. The van der Waals surface area contributed by atoms with E-state index in [0.717, 1.165) is 19.0 Å². The first kappa shape index (κ1) is 10.1. The molecule has 1 aliphatic rings. The normalized spacial score (nSPS) is 19.5. The van der Waals surface area contributed by atoms with Crippen LogP contribution in [0.25, 0.3) is 0 Å². The van der Waals surface area contributed by atoms with Gasteiger partial charge in [0.15, 0.2) is 5.96 Å². The molecule has 1 N–H and O–H groups in total. The fourth-order valence-corrected chi connectivity index (χ4v) is 1.56. The van der Waals surface area contributed by atoms with Crippen molar-refractivity contribution in [1.82, 2.24) is 10.2 Å². The molecule has 0 aromatic heterocycles. The molecule has 0 bridgehead atoms. The van der Waals surface area contributed by atoms with Crippen molar-refractivity contribution >= 4 is 5.96 Å². The third-order valence-electron chi connectivity index (χ3n) is 2.25. The topological polar surface area (TPSA) is 27.6 Å². The fourth-order valence-electron chi connectivity index (χ4n) is 1.56. The van der Waals surface area contributed by atoms with Gasteiger partial charge in [0.2, 0.25) is 0 Å². The van der Waals surface area contributed by atoms with Gasteiger partial charge in [-0.25, -0.2) is 0 Å². The lowest BCUT2D eigenvalue weighted by Gasteiger charge is -2.29. The highest BCUT2D eigenvalue weighted by Crippen LogP contribution is 2.08. The van der Waals surface area contributed by atoms with E-state index in [1.807, 2.05) is 26.2 Å². The van der Waals surface area contributed by atoms with Gasteiger partial charge >= 0.3 is 0 Å². The minimum atomic E-state index is 0.998. The van der Waals surface area contributed by atoms with Gasteiger partial charge in [0.1, 0.15) is 0 Å². The van der Waals surface area contributed by atoms with Gasteiger partial charge in [-0.05, 0) is 32.4 Å². The Morgan fingerprint density at radius 2 is 2.00 bits per heavy atom. The second-order valence-corrected chi connectivity index (χ2v) is 3.24. The van der Waals surface area contributed by atoms with E-state index in [9.17, 15) is 0 Å². The second kappa shape index (κ2) is 5.62. The molecule has 1 heterocycles. The highest BCUT2D eigenvalue weighted by Gasteiger charge is 2.12. The van der Waals surface area contributed by atoms with Crippen LogP contribution in [0.15, 0.2) is 17.3 Å². The Labute approximate surface area is 80.5 Å². The molecule has 0 amide bonds. The Kier molecular flexibility index (Phi) is 4.36. The van der Waals surface area contributed by atoms with Crippen LogP contribution >= 0.6 is 0 Å². The quantitative estimate of drug-likeness (QED) is 0.491.